The van der Waals surface area contributed by atoms with Gasteiger partial charge in [-0.15, -0.1) is 0 Å². The largest absolute Gasteiger partial charge is 0.473 e. The highest BCUT2D eigenvalue weighted by Gasteiger charge is 2.62. The molecule has 1 saturated heterocycles. The van der Waals surface area contributed by atoms with Crippen molar-refractivity contribution in [2.45, 2.75) is 77.9 Å². The number of amides is 1. The number of hydrogen-bond donors (Lipinski definition) is 0. The molecule has 0 spiro atoms. The van der Waals surface area contributed by atoms with Crippen LogP contribution < -0.4 is 4.74 Å². The van der Waals surface area contributed by atoms with Crippen molar-refractivity contribution in [1.82, 2.24) is 14.9 Å². The van der Waals surface area contributed by atoms with E-state index in [9.17, 15) is 4.79 Å². The van der Waals surface area contributed by atoms with E-state index in [0.29, 0.717) is 35.1 Å². The summed E-state index contributed by atoms with van der Waals surface area (Å²) < 4.78 is 6.28. The second-order valence-corrected chi connectivity index (χ2v) is 10.9. The molecule has 1 aromatic heterocycles. The van der Waals surface area contributed by atoms with Gasteiger partial charge in [-0.05, 0) is 73.0 Å². The highest BCUT2D eigenvalue weighted by Crippen LogP contribution is 2.66. The predicted octanol–water partition coefficient (Wildman–Crippen LogP) is 4.33. The van der Waals surface area contributed by atoms with Gasteiger partial charge in [-0.3, -0.25) is 9.78 Å². The molecule has 0 bridgehead atoms. The molecule has 0 aromatic carbocycles. The zero-order valence-corrected chi connectivity index (χ0v) is 18.3. The maximum absolute atomic E-state index is 12.4. The Labute approximate surface area is 174 Å². The molecule has 5 heteroatoms. The van der Waals surface area contributed by atoms with E-state index in [0.717, 1.165) is 43.9 Å². The maximum Gasteiger partial charge on any atom is 0.232 e. The van der Waals surface area contributed by atoms with Crippen molar-refractivity contribution in [2.24, 2.45) is 34.5 Å². The topological polar surface area (TPSA) is 55.3 Å². The van der Waals surface area contributed by atoms with Crippen LogP contribution in [0.25, 0.3) is 0 Å². The van der Waals surface area contributed by atoms with Crippen LogP contribution in [0.15, 0.2) is 18.6 Å². The van der Waals surface area contributed by atoms with Gasteiger partial charge in [0.05, 0.1) is 6.20 Å². The fraction of sp³-hybridized carbons (Fsp3) is 0.792. The Balaban J connectivity index is 1.41. The molecular weight excluding hydrogens is 362 g/mol. The van der Waals surface area contributed by atoms with Crippen molar-refractivity contribution in [1.29, 1.82) is 0 Å². The fourth-order valence-corrected chi connectivity index (χ4v) is 8.06. The molecule has 4 aliphatic rings. The van der Waals surface area contributed by atoms with Crippen LogP contribution in [0.5, 0.6) is 5.88 Å². The summed E-state index contributed by atoms with van der Waals surface area (Å²) in [7, 11) is 2.05. The van der Waals surface area contributed by atoms with Crippen LogP contribution in [0.1, 0.15) is 65.7 Å². The molecule has 29 heavy (non-hydrogen) atoms. The number of likely N-dealkylation sites (tertiary alicyclic amines) is 1. The molecular formula is C24H35N3O2. The molecule has 1 aromatic rings. The molecule has 2 heterocycles. The van der Waals surface area contributed by atoms with Gasteiger partial charge in [0.1, 0.15) is 6.10 Å². The summed E-state index contributed by atoms with van der Waals surface area (Å²) in [6.45, 7) is 7.45. The lowest BCUT2D eigenvalue weighted by Gasteiger charge is -2.63. The van der Waals surface area contributed by atoms with Gasteiger partial charge in [-0.1, -0.05) is 20.8 Å². The average molecular weight is 398 g/mol. The van der Waals surface area contributed by atoms with Crippen LogP contribution in [0.3, 0.4) is 0 Å². The van der Waals surface area contributed by atoms with E-state index in [-0.39, 0.29) is 11.5 Å². The summed E-state index contributed by atoms with van der Waals surface area (Å²) in [5, 5.41) is 0. The number of piperidine rings is 1. The number of hydrogen-bond acceptors (Lipinski definition) is 4. The van der Waals surface area contributed by atoms with Crippen molar-refractivity contribution in [3.8, 4) is 5.88 Å². The zero-order chi connectivity index (χ0) is 20.4. The molecule has 158 valence electrons. The number of carbonyl (C=O) groups is 1. The molecule has 0 radical (unpaired) electrons. The maximum atomic E-state index is 12.4. The van der Waals surface area contributed by atoms with Gasteiger partial charge in [0.15, 0.2) is 0 Å². The number of nitrogens with zero attached hydrogens (tertiary/aromatic N) is 3. The summed E-state index contributed by atoms with van der Waals surface area (Å²) in [6, 6.07) is 0.414. The molecule has 5 rings (SSSR count). The first-order chi connectivity index (χ1) is 13.8. The third-order valence-electron chi connectivity index (χ3n) is 9.49. The third kappa shape index (κ3) is 2.90. The van der Waals surface area contributed by atoms with E-state index < -0.39 is 0 Å². The SMILES string of the molecule is CC1C[C@H]2N(C)C(=O)CC[C@]2(C)[C@H]2CC[C@]3(C)C[C@@H](Oc4cnccn4)C[C@H]3C12. The lowest BCUT2D eigenvalue weighted by molar-refractivity contribution is -0.164. The minimum Gasteiger partial charge on any atom is -0.473 e. The van der Waals surface area contributed by atoms with Crippen molar-refractivity contribution in [3.05, 3.63) is 18.6 Å². The van der Waals surface area contributed by atoms with E-state index in [1.54, 1.807) is 18.6 Å². The van der Waals surface area contributed by atoms with Gasteiger partial charge in [-0.25, -0.2) is 4.98 Å². The zero-order valence-electron chi connectivity index (χ0n) is 18.3. The second-order valence-electron chi connectivity index (χ2n) is 10.9. The average Bonchev–Trinajstić information content (AvgIpc) is 3.03. The predicted molar refractivity (Wildman–Crippen MR) is 111 cm³/mol. The summed E-state index contributed by atoms with van der Waals surface area (Å²) in [5.74, 6) is 3.83. The third-order valence-corrected chi connectivity index (χ3v) is 9.49. The van der Waals surface area contributed by atoms with Gasteiger partial charge in [0, 0.05) is 31.9 Å². The number of carbonyl (C=O) groups excluding carboxylic acids is 1. The van der Waals surface area contributed by atoms with E-state index in [1.807, 2.05) is 7.05 Å². The second kappa shape index (κ2) is 6.68. The lowest BCUT2D eigenvalue weighted by Crippen LogP contribution is -2.62. The van der Waals surface area contributed by atoms with E-state index >= 15 is 0 Å². The van der Waals surface area contributed by atoms with Crippen LogP contribution >= 0.6 is 0 Å². The highest BCUT2D eigenvalue weighted by molar-refractivity contribution is 5.77. The van der Waals surface area contributed by atoms with Gasteiger partial charge >= 0.3 is 0 Å². The molecule has 4 fully saturated rings. The van der Waals surface area contributed by atoms with E-state index in [2.05, 4.69) is 35.6 Å². The Morgan fingerprint density at radius 1 is 1.17 bits per heavy atom. The van der Waals surface area contributed by atoms with Gasteiger partial charge in [-0.2, -0.15) is 0 Å². The minimum absolute atomic E-state index is 0.244. The van der Waals surface area contributed by atoms with Crippen molar-refractivity contribution in [3.63, 3.8) is 0 Å². The smallest absolute Gasteiger partial charge is 0.232 e. The van der Waals surface area contributed by atoms with E-state index in [4.69, 9.17) is 4.74 Å². The number of ether oxygens (including phenoxy) is 1. The molecule has 3 aliphatic carbocycles. The molecule has 2 unspecified atom stereocenters. The van der Waals surface area contributed by atoms with Crippen LogP contribution in [0.2, 0.25) is 0 Å². The first kappa shape index (κ1) is 19.3. The molecule has 5 nitrogen and oxygen atoms in total. The lowest BCUT2D eigenvalue weighted by atomic mass is 9.45. The number of aromatic nitrogens is 2. The van der Waals surface area contributed by atoms with Crippen molar-refractivity contribution in [2.75, 3.05) is 7.05 Å². The Morgan fingerprint density at radius 2 is 2.00 bits per heavy atom. The molecule has 8 atom stereocenters. The summed E-state index contributed by atoms with van der Waals surface area (Å²) >= 11 is 0. The highest BCUT2D eigenvalue weighted by atomic mass is 16.5. The van der Waals surface area contributed by atoms with Gasteiger partial charge in [0.2, 0.25) is 11.8 Å². The molecule has 1 aliphatic heterocycles. The normalized spacial score (nSPS) is 46.6. The number of rotatable bonds is 2. The Hall–Kier alpha value is -1.65. The number of fused-ring (bicyclic) bond motifs is 5. The summed E-state index contributed by atoms with van der Waals surface area (Å²) in [4.78, 5) is 23.0. The molecule has 0 N–H and O–H groups in total. The first-order valence-corrected chi connectivity index (χ1v) is 11.5. The monoisotopic (exact) mass is 397 g/mol. The van der Waals surface area contributed by atoms with Crippen LogP contribution in [0, 0.1) is 34.5 Å². The summed E-state index contributed by atoms with van der Waals surface area (Å²) in [5.41, 5.74) is 0.632. The Bertz CT molecular complexity index is 786. The fourth-order valence-electron chi connectivity index (χ4n) is 8.06. The Kier molecular flexibility index (Phi) is 4.45. The van der Waals surface area contributed by atoms with Crippen LogP contribution in [-0.2, 0) is 4.79 Å². The molecule has 1 amide bonds. The first-order valence-electron chi connectivity index (χ1n) is 11.5. The quantitative estimate of drug-likeness (QED) is 0.745. The van der Waals surface area contributed by atoms with Crippen molar-refractivity contribution < 1.29 is 9.53 Å². The standard InChI is InChI=1S/C24H35N3O2/c1-15-11-19-24(3,8-6-21(28)27(19)4)17-5-7-23(2)13-16(12-18(23)22(15)17)29-20-14-25-9-10-26-20/h9-10,14-19,22H,5-8,11-13H2,1-4H3/t15?,16-,17-,18-,19+,22?,23+,24+/m0/s1. The van der Waals surface area contributed by atoms with Crippen LogP contribution in [-0.4, -0.2) is 40.0 Å². The van der Waals surface area contributed by atoms with Gasteiger partial charge < -0.3 is 9.64 Å². The van der Waals surface area contributed by atoms with Gasteiger partial charge in [0.25, 0.3) is 0 Å². The van der Waals surface area contributed by atoms with Crippen LogP contribution in [0.4, 0.5) is 0 Å². The molecule has 3 saturated carbocycles. The minimum atomic E-state index is 0.244. The van der Waals surface area contributed by atoms with E-state index in [1.165, 1.54) is 12.8 Å². The van der Waals surface area contributed by atoms with Crippen molar-refractivity contribution >= 4 is 5.91 Å². The summed E-state index contributed by atoms with van der Waals surface area (Å²) in [6.07, 6.45) is 13.2. The Morgan fingerprint density at radius 3 is 2.76 bits per heavy atom.